The molecule has 0 amide bonds. The van der Waals surface area contributed by atoms with E-state index in [1.54, 1.807) is 0 Å². The van der Waals surface area contributed by atoms with E-state index in [1.807, 2.05) is 0 Å². The molecule has 0 saturated heterocycles. The number of hydrogen-bond acceptors (Lipinski definition) is 3. The third-order valence-corrected chi connectivity index (χ3v) is 5.91. The quantitative estimate of drug-likeness (QED) is 0.193. The van der Waals surface area contributed by atoms with Gasteiger partial charge in [0.15, 0.2) is 0 Å². The molecule has 0 aromatic heterocycles. The summed E-state index contributed by atoms with van der Waals surface area (Å²) in [7, 11) is 0. The van der Waals surface area contributed by atoms with Crippen LogP contribution in [0, 0.1) is 0 Å². The van der Waals surface area contributed by atoms with Crippen molar-refractivity contribution < 1.29 is 61.3 Å². The van der Waals surface area contributed by atoms with Gasteiger partial charge in [-0.1, -0.05) is 111 Å². The van der Waals surface area contributed by atoms with Gasteiger partial charge in [0.1, 0.15) is 0 Å². The van der Waals surface area contributed by atoms with Gasteiger partial charge in [0.2, 0.25) is 0 Å². The van der Waals surface area contributed by atoms with Gasteiger partial charge in [0.25, 0.3) is 0 Å². The van der Waals surface area contributed by atoms with Crippen molar-refractivity contribution in [3.63, 3.8) is 0 Å². The molecule has 0 aliphatic carbocycles. The van der Waals surface area contributed by atoms with Crippen molar-refractivity contribution in [1.29, 1.82) is 0 Å². The molecule has 0 fully saturated rings. The van der Waals surface area contributed by atoms with Gasteiger partial charge in [0.05, 0.1) is 0 Å². The van der Waals surface area contributed by atoms with Gasteiger partial charge in [-0.2, -0.15) is 0 Å². The second kappa shape index (κ2) is 25.3. The van der Waals surface area contributed by atoms with Crippen LogP contribution < -0.4 is 56.5 Å². The van der Waals surface area contributed by atoms with Gasteiger partial charge in [-0.3, -0.25) is 0 Å². The van der Waals surface area contributed by atoms with E-state index in [2.05, 4.69) is 25.7 Å². The van der Waals surface area contributed by atoms with Crippen LogP contribution in [0.25, 0.3) is 0 Å². The molecule has 29 heavy (non-hydrogen) atoms. The molecule has 3 nitrogen and oxygen atoms in total. The number of carboxylic acid groups (broad SMARTS) is 1. The van der Waals surface area contributed by atoms with E-state index >= 15 is 0 Å². The smallest absolute Gasteiger partial charge is 0.550 e. The summed E-state index contributed by atoms with van der Waals surface area (Å²) in [5.74, 6) is -0.884. The van der Waals surface area contributed by atoms with Crippen LogP contribution in [0.2, 0.25) is 0 Å². The second-order valence-corrected chi connectivity index (χ2v) is 8.65. The van der Waals surface area contributed by atoms with Crippen LogP contribution in [0.4, 0.5) is 0 Å². The molecule has 0 aromatic carbocycles. The summed E-state index contributed by atoms with van der Waals surface area (Å²) < 4.78 is 0. The molecule has 0 N–H and O–H groups in total. The number of nitrogens with zero attached hydrogens (tertiary/aromatic N) is 1. The Labute approximate surface area is 225 Å². The molecular formula is C25H50KNO2. The maximum absolute atomic E-state index is 11.3. The predicted octanol–water partition coefficient (Wildman–Crippen LogP) is 3.49. The first-order valence-corrected chi connectivity index (χ1v) is 12.6. The first-order chi connectivity index (χ1) is 13.7. The average Bonchev–Trinajstić information content (AvgIpc) is 2.68. The standard InChI is InChI=1S/C25H51NO2.K/c1-4-7-10-12-14-16-18-21-26(22-19-17-15-13-11-8-5-2)24(20-9-6-3)23-25(27)28;/h24H,4-23H2,1-3H3,(H,27,28);/q;+1/p-1. The van der Waals surface area contributed by atoms with Gasteiger partial charge >= 0.3 is 51.4 Å². The van der Waals surface area contributed by atoms with Crippen molar-refractivity contribution in [3.8, 4) is 0 Å². The maximum Gasteiger partial charge on any atom is 1.00 e. The van der Waals surface area contributed by atoms with Crippen LogP contribution in [-0.2, 0) is 4.79 Å². The molecule has 0 bridgehead atoms. The minimum atomic E-state index is -0.884. The minimum Gasteiger partial charge on any atom is -0.550 e. The Morgan fingerprint density at radius 3 is 1.41 bits per heavy atom. The largest absolute Gasteiger partial charge is 1.00 e. The molecule has 0 saturated carbocycles. The number of hydrogen-bond donors (Lipinski definition) is 0. The van der Waals surface area contributed by atoms with E-state index in [1.165, 1.54) is 89.9 Å². The van der Waals surface area contributed by atoms with Crippen LogP contribution in [0.5, 0.6) is 0 Å². The molecule has 4 heteroatoms. The summed E-state index contributed by atoms with van der Waals surface area (Å²) in [6.45, 7) is 8.83. The molecule has 0 radical (unpaired) electrons. The zero-order valence-corrected chi connectivity index (χ0v) is 23.6. The van der Waals surface area contributed by atoms with E-state index in [0.29, 0.717) is 0 Å². The minimum absolute atomic E-state index is 0. The number of rotatable bonds is 22. The second-order valence-electron chi connectivity index (χ2n) is 8.65. The maximum atomic E-state index is 11.3. The van der Waals surface area contributed by atoms with E-state index in [4.69, 9.17) is 0 Å². The van der Waals surface area contributed by atoms with Gasteiger partial charge in [-0.05, 0) is 32.4 Å². The zero-order chi connectivity index (χ0) is 20.9. The van der Waals surface area contributed by atoms with Gasteiger partial charge in [0, 0.05) is 18.4 Å². The summed E-state index contributed by atoms with van der Waals surface area (Å²) in [4.78, 5) is 13.8. The Hall–Kier alpha value is 1.07. The van der Waals surface area contributed by atoms with Gasteiger partial charge < -0.3 is 14.8 Å². The number of carbonyl (C=O) groups excluding carboxylic acids is 1. The molecule has 1 unspecified atom stereocenters. The van der Waals surface area contributed by atoms with Crippen molar-refractivity contribution in [1.82, 2.24) is 4.90 Å². The molecule has 168 valence electrons. The summed E-state index contributed by atoms with van der Waals surface area (Å²) in [6.07, 6.45) is 21.8. The van der Waals surface area contributed by atoms with E-state index < -0.39 is 5.97 Å². The van der Waals surface area contributed by atoms with Crippen molar-refractivity contribution in [3.05, 3.63) is 0 Å². The fourth-order valence-electron chi connectivity index (χ4n) is 4.07. The Morgan fingerprint density at radius 2 is 1.03 bits per heavy atom. The summed E-state index contributed by atoms with van der Waals surface area (Å²) in [5, 5.41) is 11.3. The molecule has 0 aromatic rings. The fourth-order valence-corrected chi connectivity index (χ4v) is 4.07. The normalized spacial score (nSPS) is 12.1. The molecule has 0 aliphatic heterocycles. The third kappa shape index (κ3) is 22.1. The zero-order valence-electron chi connectivity index (χ0n) is 20.5. The number of aliphatic carboxylic acids is 1. The SMILES string of the molecule is CCCCCCCCCN(CCCCCCCCC)C(CCCC)CC(=O)[O-].[K+]. The van der Waals surface area contributed by atoms with E-state index in [0.717, 1.165) is 32.4 Å². The van der Waals surface area contributed by atoms with Crippen molar-refractivity contribution >= 4 is 5.97 Å². The Bertz CT molecular complexity index is 321. The van der Waals surface area contributed by atoms with Crippen LogP contribution in [-0.4, -0.2) is 30.0 Å². The number of carboxylic acids is 1. The molecule has 1 atom stereocenters. The van der Waals surface area contributed by atoms with Gasteiger partial charge in [-0.15, -0.1) is 0 Å². The van der Waals surface area contributed by atoms with Crippen LogP contribution in [0.3, 0.4) is 0 Å². The fraction of sp³-hybridized carbons (Fsp3) is 0.960. The molecule has 0 rings (SSSR count). The average molecular weight is 436 g/mol. The monoisotopic (exact) mass is 435 g/mol. The van der Waals surface area contributed by atoms with E-state index in [9.17, 15) is 9.90 Å². The van der Waals surface area contributed by atoms with Crippen LogP contribution in [0.15, 0.2) is 0 Å². The molecule has 0 aliphatic rings. The number of carbonyl (C=O) groups is 1. The summed E-state index contributed by atoms with van der Waals surface area (Å²) in [5.41, 5.74) is 0. The Morgan fingerprint density at radius 1 is 0.655 bits per heavy atom. The van der Waals surface area contributed by atoms with Gasteiger partial charge in [-0.25, -0.2) is 0 Å². The van der Waals surface area contributed by atoms with Crippen LogP contribution >= 0.6 is 0 Å². The van der Waals surface area contributed by atoms with Crippen molar-refractivity contribution in [2.24, 2.45) is 0 Å². The number of unbranched alkanes of at least 4 members (excludes halogenated alkanes) is 13. The summed E-state index contributed by atoms with van der Waals surface area (Å²) >= 11 is 0. The Balaban J connectivity index is 0. The topological polar surface area (TPSA) is 43.4 Å². The molecule has 0 spiro atoms. The third-order valence-electron chi connectivity index (χ3n) is 5.91. The molecule has 0 heterocycles. The van der Waals surface area contributed by atoms with Crippen LogP contribution in [0.1, 0.15) is 136 Å². The summed E-state index contributed by atoms with van der Waals surface area (Å²) in [6, 6.07) is 0.171. The van der Waals surface area contributed by atoms with Crippen molar-refractivity contribution in [2.45, 2.75) is 142 Å². The predicted molar refractivity (Wildman–Crippen MR) is 120 cm³/mol. The Kier molecular flexibility index (Phi) is 28.2. The first-order valence-electron chi connectivity index (χ1n) is 12.6. The van der Waals surface area contributed by atoms with Crippen molar-refractivity contribution in [2.75, 3.05) is 13.1 Å². The molecular weight excluding hydrogens is 385 g/mol. The van der Waals surface area contributed by atoms with E-state index in [-0.39, 0.29) is 63.8 Å². The first kappa shape index (κ1) is 32.2.